The van der Waals surface area contributed by atoms with Crippen molar-refractivity contribution >= 4 is 11.7 Å². The van der Waals surface area contributed by atoms with Crippen molar-refractivity contribution in [2.45, 2.75) is 12.3 Å². The van der Waals surface area contributed by atoms with Crippen LogP contribution in [0, 0.1) is 0 Å². The van der Waals surface area contributed by atoms with Gasteiger partial charge in [-0.3, -0.25) is 9.59 Å². The number of ketones is 1. The Morgan fingerprint density at radius 1 is 1.26 bits per heavy atom. The Labute approximate surface area is 112 Å². The van der Waals surface area contributed by atoms with E-state index in [-0.39, 0.29) is 18.1 Å². The molecule has 0 saturated carbocycles. The summed E-state index contributed by atoms with van der Waals surface area (Å²) in [6, 6.07) is 3.37. The molecule has 0 aromatic heterocycles. The van der Waals surface area contributed by atoms with E-state index in [2.05, 4.69) is 0 Å². The highest BCUT2D eigenvalue weighted by Crippen LogP contribution is 2.42. The van der Waals surface area contributed by atoms with E-state index >= 15 is 0 Å². The van der Waals surface area contributed by atoms with Gasteiger partial charge in [-0.2, -0.15) is 0 Å². The average molecular weight is 263 g/mol. The number of Topliss-reactive ketones (excluding diaryl/α,β-unsaturated/α-hetero) is 1. The highest BCUT2D eigenvalue weighted by molar-refractivity contribution is 6.07. The van der Waals surface area contributed by atoms with Crippen molar-refractivity contribution in [1.82, 2.24) is 4.90 Å². The predicted octanol–water partition coefficient (Wildman–Crippen LogP) is 1.46. The van der Waals surface area contributed by atoms with E-state index in [1.54, 1.807) is 26.2 Å². The number of methoxy groups -OCH3 is 2. The molecule has 2 rings (SSSR count). The van der Waals surface area contributed by atoms with Crippen LogP contribution in [-0.4, -0.2) is 44.9 Å². The molecule has 0 saturated heterocycles. The van der Waals surface area contributed by atoms with Gasteiger partial charge in [-0.25, -0.2) is 0 Å². The summed E-state index contributed by atoms with van der Waals surface area (Å²) in [6.45, 7) is 0. The summed E-state index contributed by atoms with van der Waals surface area (Å²) in [4.78, 5) is 25.7. The van der Waals surface area contributed by atoms with Gasteiger partial charge in [-0.15, -0.1) is 0 Å². The smallest absolute Gasteiger partial charge is 0.230 e. The second-order valence-electron chi connectivity index (χ2n) is 4.70. The zero-order chi connectivity index (χ0) is 14.2. The monoisotopic (exact) mass is 263 g/mol. The summed E-state index contributed by atoms with van der Waals surface area (Å²) in [5.74, 6) is 0.489. The van der Waals surface area contributed by atoms with Gasteiger partial charge >= 0.3 is 0 Å². The van der Waals surface area contributed by atoms with E-state index in [0.717, 1.165) is 0 Å². The van der Waals surface area contributed by atoms with E-state index in [0.29, 0.717) is 22.6 Å². The zero-order valence-corrected chi connectivity index (χ0v) is 11.5. The normalized spacial score (nSPS) is 17.1. The summed E-state index contributed by atoms with van der Waals surface area (Å²) in [6.07, 6.45) is 0.190. The molecule has 5 nitrogen and oxygen atoms in total. The van der Waals surface area contributed by atoms with Crippen LogP contribution < -0.4 is 9.47 Å². The van der Waals surface area contributed by atoms with Crippen LogP contribution >= 0.6 is 0 Å². The van der Waals surface area contributed by atoms with E-state index in [1.807, 2.05) is 0 Å². The molecule has 1 atom stereocenters. The number of hydrogen-bond acceptors (Lipinski definition) is 4. The third-order valence-corrected chi connectivity index (χ3v) is 3.35. The van der Waals surface area contributed by atoms with Gasteiger partial charge in [0.1, 0.15) is 11.5 Å². The molecule has 0 aliphatic heterocycles. The van der Waals surface area contributed by atoms with Crippen LogP contribution in [0.25, 0.3) is 0 Å². The van der Waals surface area contributed by atoms with E-state index in [1.165, 1.54) is 19.1 Å². The van der Waals surface area contributed by atoms with E-state index in [4.69, 9.17) is 9.47 Å². The number of carbonyl (C=O) groups is 2. The van der Waals surface area contributed by atoms with Gasteiger partial charge in [0.05, 0.1) is 20.1 Å². The summed E-state index contributed by atoms with van der Waals surface area (Å²) >= 11 is 0. The molecule has 0 bridgehead atoms. The summed E-state index contributed by atoms with van der Waals surface area (Å²) in [7, 11) is 6.42. The second kappa shape index (κ2) is 4.91. The lowest BCUT2D eigenvalue weighted by atomic mass is 9.98. The molecule has 1 aliphatic rings. The number of benzene rings is 1. The molecule has 0 spiro atoms. The van der Waals surface area contributed by atoms with Gasteiger partial charge in [0.15, 0.2) is 5.78 Å². The van der Waals surface area contributed by atoms with Crippen LogP contribution in [0.2, 0.25) is 0 Å². The van der Waals surface area contributed by atoms with E-state index in [9.17, 15) is 9.59 Å². The van der Waals surface area contributed by atoms with Crippen LogP contribution in [0.4, 0.5) is 0 Å². The largest absolute Gasteiger partial charge is 0.497 e. The van der Waals surface area contributed by atoms with Gasteiger partial charge in [0.25, 0.3) is 0 Å². The Morgan fingerprint density at radius 3 is 2.47 bits per heavy atom. The number of hydrogen-bond donors (Lipinski definition) is 0. The number of carbonyl (C=O) groups excluding carboxylic acids is 2. The Hall–Kier alpha value is -2.04. The number of ether oxygens (including phenoxy) is 2. The molecule has 19 heavy (non-hydrogen) atoms. The lowest BCUT2D eigenvalue weighted by Gasteiger charge is -2.18. The van der Waals surface area contributed by atoms with Gasteiger partial charge in [-0.1, -0.05) is 0 Å². The SMILES string of the molecule is COc1cc(OC)c2c(c1)C(=O)CC2C(=O)N(C)C. The molecule has 0 heterocycles. The Morgan fingerprint density at radius 2 is 1.95 bits per heavy atom. The minimum absolute atomic E-state index is 0.0487. The molecule has 1 aliphatic carbocycles. The molecule has 1 amide bonds. The fourth-order valence-electron chi connectivity index (χ4n) is 2.40. The fourth-order valence-corrected chi connectivity index (χ4v) is 2.40. The Bertz CT molecular complexity index is 536. The maximum absolute atomic E-state index is 12.2. The van der Waals surface area contributed by atoms with Gasteiger partial charge in [0.2, 0.25) is 5.91 Å². The average Bonchev–Trinajstić information content (AvgIpc) is 2.74. The van der Waals surface area contributed by atoms with E-state index < -0.39 is 5.92 Å². The maximum Gasteiger partial charge on any atom is 0.230 e. The molecule has 1 aromatic carbocycles. The molecule has 0 N–H and O–H groups in total. The number of rotatable bonds is 3. The highest BCUT2D eigenvalue weighted by Gasteiger charge is 2.38. The Kier molecular flexibility index (Phi) is 3.46. The van der Waals surface area contributed by atoms with Crippen molar-refractivity contribution < 1.29 is 19.1 Å². The van der Waals surface area contributed by atoms with Crippen LogP contribution in [0.3, 0.4) is 0 Å². The van der Waals surface area contributed by atoms with Crippen molar-refractivity contribution in [3.63, 3.8) is 0 Å². The van der Waals surface area contributed by atoms with Gasteiger partial charge < -0.3 is 14.4 Å². The third kappa shape index (κ3) is 2.16. The fraction of sp³-hybridized carbons (Fsp3) is 0.429. The first-order chi connectivity index (χ1) is 8.99. The standard InChI is InChI=1S/C14H17NO4/c1-15(2)14(17)10-7-11(16)9-5-8(18-3)6-12(19-4)13(9)10/h5-6,10H,7H2,1-4H3. The maximum atomic E-state index is 12.2. The number of amides is 1. The summed E-state index contributed by atoms with van der Waals surface area (Å²) < 4.78 is 10.5. The van der Waals surface area contributed by atoms with Gasteiger partial charge in [0, 0.05) is 37.7 Å². The van der Waals surface area contributed by atoms with Crippen LogP contribution in [0.15, 0.2) is 12.1 Å². The number of likely N-dealkylation sites (N-methyl/N-ethyl adjacent to an activating group) is 1. The van der Waals surface area contributed by atoms with Crippen LogP contribution in [0.5, 0.6) is 11.5 Å². The predicted molar refractivity (Wildman–Crippen MR) is 69.9 cm³/mol. The molecule has 0 fully saturated rings. The van der Waals surface area contributed by atoms with Crippen molar-refractivity contribution in [2.24, 2.45) is 0 Å². The molecule has 5 heteroatoms. The lowest BCUT2D eigenvalue weighted by molar-refractivity contribution is -0.130. The first kappa shape index (κ1) is 13.4. The first-order valence-corrected chi connectivity index (χ1v) is 5.99. The van der Waals surface area contributed by atoms with Crippen molar-refractivity contribution in [2.75, 3.05) is 28.3 Å². The van der Waals surface area contributed by atoms with Gasteiger partial charge in [-0.05, 0) is 6.07 Å². The quantitative estimate of drug-likeness (QED) is 0.828. The molecular weight excluding hydrogens is 246 g/mol. The molecule has 1 unspecified atom stereocenters. The van der Waals surface area contributed by atoms with Crippen molar-refractivity contribution in [3.05, 3.63) is 23.3 Å². The molecule has 1 aromatic rings. The zero-order valence-electron chi connectivity index (χ0n) is 11.5. The third-order valence-electron chi connectivity index (χ3n) is 3.35. The summed E-state index contributed by atoms with van der Waals surface area (Å²) in [5.41, 5.74) is 1.20. The minimum atomic E-state index is -0.460. The molecular formula is C14H17NO4. The van der Waals surface area contributed by atoms with Crippen LogP contribution in [-0.2, 0) is 4.79 Å². The minimum Gasteiger partial charge on any atom is -0.497 e. The highest BCUT2D eigenvalue weighted by atomic mass is 16.5. The first-order valence-electron chi connectivity index (χ1n) is 5.99. The van der Waals surface area contributed by atoms with Crippen LogP contribution in [0.1, 0.15) is 28.3 Å². The second-order valence-corrected chi connectivity index (χ2v) is 4.70. The molecule has 0 radical (unpaired) electrons. The topological polar surface area (TPSA) is 55.8 Å². The number of nitrogens with zero attached hydrogens (tertiary/aromatic N) is 1. The van der Waals surface area contributed by atoms with Crippen molar-refractivity contribution in [3.8, 4) is 11.5 Å². The Balaban J connectivity index is 2.57. The lowest BCUT2D eigenvalue weighted by Crippen LogP contribution is -2.27. The number of fused-ring (bicyclic) bond motifs is 1. The van der Waals surface area contributed by atoms with Crippen molar-refractivity contribution in [1.29, 1.82) is 0 Å². The molecule has 102 valence electrons. The summed E-state index contributed by atoms with van der Waals surface area (Å²) in [5, 5.41) is 0.